The lowest BCUT2D eigenvalue weighted by atomic mass is 10.1. The minimum absolute atomic E-state index is 0.0528. The van der Waals surface area contributed by atoms with Gasteiger partial charge in [0.25, 0.3) is 5.91 Å². The molecule has 162 valence electrons. The van der Waals surface area contributed by atoms with Gasteiger partial charge in [-0.2, -0.15) is 0 Å². The van der Waals surface area contributed by atoms with Crippen LogP contribution < -0.4 is 10.1 Å². The van der Waals surface area contributed by atoms with Gasteiger partial charge in [0, 0.05) is 12.6 Å². The number of para-hydroxylation sites is 1. The number of benzene rings is 2. The highest BCUT2D eigenvalue weighted by atomic mass is 35.5. The quantitative estimate of drug-likeness (QED) is 0.571. The smallest absolute Gasteiger partial charge is 0.261 e. The second kappa shape index (κ2) is 12.2. The lowest BCUT2D eigenvalue weighted by Crippen LogP contribution is -2.52. The molecule has 0 aliphatic rings. The van der Waals surface area contributed by atoms with Crippen molar-refractivity contribution in [1.29, 1.82) is 0 Å². The van der Waals surface area contributed by atoms with Crippen molar-refractivity contribution in [2.45, 2.75) is 52.1 Å². The first-order valence-corrected chi connectivity index (χ1v) is 10.8. The number of carbonyl (C=O) groups excluding carboxylic acids is 2. The molecule has 0 aliphatic heterocycles. The highest BCUT2D eigenvalue weighted by Gasteiger charge is 2.29. The summed E-state index contributed by atoms with van der Waals surface area (Å²) in [6.07, 6.45) is 2.01. The first-order chi connectivity index (χ1) is 14.5. The molecule has 0 saturated carbocycles. The second-order valence-electron chi connectivity index (χ2n) is 7.28. The van der Waals surface area contributed by atoms with E-state index in [4.69, 9.17) is 16.3 Å². The zero-order valence-corrected chi connectivity index (χ0v) is 18.7. The molecule has 0 saturated heterocycles. The molecular formula is C24H31ClN2O3. The topological polar surface area (TPSA) is 58.6 Å². The van der Waals surface area contributed by atoms with Crippen molar-refractivity contribution in [1.82, 2.24) is 10.2 Å². The number of carbonyl (C=O) groups is 2. The zero-order chi connectivity index (χ0) is 21.9. The van der Waals surface area contributed by atoms with E-state index >= 15 is 0 Å². The van der Waals surface area contributed by atoms with Gasteiger partial charge in [0.1, 0.15) is 11.8 Å². The number of rotatable bonds is 11. The van der Waals surface area contributed by atoms with Crippen molar-refractivity contribution in [3.8, 4) is 5.75 Å². The van der Waals surface area contributed by atoms with Crippen LogP contribution in [0.3, 0.4) is 0 Å². The van der Waals surface area contributed by atoms with Crippen LogP contribution in [0.5, 0.6) is 5.75 Å². The molecule has 0 heterocycles. The Morgan fingerprint density at radius 2 is 1.70 bits per heavy atom. The molecule has 2 aromatic rings. The first kappa shape index (κ1) is 23.7. The van der Waals surface area contributed by atoms with Crippen molar-refractivity contribution >= 4 is 23.4 Å². The summed E-state index contributed by atoms with van der Waals surface area (Å²) in [5, 5.41) is 3.45. The second-order valence-corrected chi connectivity index (χ2v) is 7.69. The normalized spacial score (nSPS) is 12.7. The van der Waals surface area contributed by atoms with Gasteiger partial charge < -0.3 is 15.0 Å². The molecule has 0 spiro atoms. The van der Waals surface area contributed by atoms with Crippen LogP contribution in [0.15, 0.2) is 54.6 Å². The fraction of sp³-hybridized carbons (Fsp3) is 0.417. The molecular weight excluding hydrogens is 400 g/mol. The van der Waals surface area contributed by atoms with Crippen molar-refractivity contribution in [2.24, 2.45) is 0 Å². The van der Waals surface area contributed by atoms with Gasteiger partial charge in [-0.15, -0.1) is 0 Å². The Balaban J connectivity index is 2.14. The summed E-state index contributed by atoms with van der Waals surface area (Å²) in [6.45, 7) is 6.15. The van der Waals surface area contributed by atoms with Crippen LogP contribution >= 0.6 is 11.6 Å². The number of hydrogen-bond acceptors (Lipinski definition) is 3. The number of ether oxygens (including phenoxy) is 1. The lowest BCUT2D eigenvalue weighted by Gasteiger charge is -2.31. The Hall–Kier alpha value is -2.53. The number of halogens is 1. The third-order valence-corrected chi connectivity index (χ3v) is 5.37. The summed E-state index contributed by atoms with van der Waals surface area (Å²) in [4.78, 5) is 27.6. The zero-order valence-electron chi connectivity index (χ0n) is 17.9. The van der Waals surface area contributed by atoms with Gasteiger partial charge in [-0.3, -0.25) is 9.59 Å². The van der Waals surface area contributed by atoms with Crippen LogP contribution in [0.4, 0.5) is 0 Å². The third kappa shape index (κ3) is 7.06. The van der Waals surface area contributed by atoms with Crippen LogP contribution in [0, 0.1) is 0 Å². The Bertz CT molecular complexity index is 813. The monoisotopic (exact) mass is 430 g/mol. The molecule has 0 aromatic heterocycles. The van der Waals surface area contributed by atoms with Crippen LogP contribution in [-0.2, 0) is 16.0 Å². The molecule has 2 amide bonds. The van der Waals surface area contributed by atoms with Crippen molar-refractivity contribution < 1.29 is 14.3 Å². The standard InChI is InChI=1S/C24H31ClN2O3/c1-4-18(3)26-24(29)21(5-2)27(16-15-19-11-7-6-8-12-19)23(28)17-30-22-14-10-9-13-20(22)25/h6-14,18,21H,4-5,15-17H2,1-3H3,(H,26,29)/t18-,21-/m0/s1. The molecule has 1 N–H and O–H groups in total. The van der Waals surface area contributed by atoms with Gasteiger partial charge in [0.05, 0.1) is 5.02 Å². The molecule has 0 fully saturated rings. The number of hydrogen-bond donors (Lipinski definition) is 1. The van der Waals surface area contributed by atoms with Gasteiger partial charge >= 0.3 is 0 Å². The Morgan fingerprint density at radius 3 is 2.33 bits per heavy atom. The molecule has 0 bridgehead atoms. The van der Waals surface area contributed by atoms with E-state index in [1.165, 1.54) is 0 Å². The average molecular weight is 431 g/mol. The average Bonchev–Trinajstić information content (AvgIpc) is 2.76. The number of nitrogens with one attached hydrogen (secondary N) is 1. The highest BCUT2D eigenvalue weighted by molar-refractivity contribution is 6.32. The SMILES string of the molecule is CC[C@H](C)NC(=O)[C@H](CC)N(CCc1ccccc1)C(=O)COc1ccccc1Cl. The van der Waals surface area contributed by atoms with Gasteiger partial charge in [0.15, 0.2) is 6.61 Å². The van der Waals surface area contributed by atoms with E-state index in [9.17, 15) is 9.59 Å². The minimum atomic E-state index is -0.551. The maximum absolute atomic E-state index is 13.1. The van der Waals surface area contributed by atoms with Crippen LogP contribution in [0.2, 0.25) is 5.02 Å². The Kier molecular flexibility index (Phi) is 9.68. The van der Waals surface area contributed by atoms with E-state index in [1.54, 1.807) is 29.2 Å². The summed E-state index contributed by atoms with van der Waals surface area (Å²) in [6, 6.07) is 16.5. The summed E-state index contributed by atoms with van der Waals surface area (Å²) < 4.78 is 5.65. The molecule has 5 nitrogen and oxygen atoms in total. The molecule has 2 atom stereocenters. The predicted molar refractivity (Wildman–Crippen MR) is 121 cm³/mol. The fourth-order valence-electron chi connectivity index (χ4n) is 3.12. The van der Waals surface area contributed by atoms with Gasteiger partial charge in [0.2, 0.25) is 5.91 Å². The van der Waals surface area contributed by atoms with Crippen LogP contribution in [-0.4, -0.2) is 41.9 Å². The minimum Gasteiger partial charge on any atom is -0.482 e. The lowest BCUT2D eigenvalue weighted by molar-refractivity contribution is -0.142. The number of amides is 2. The molecule has 0 aliphatic carbocycles. The van der Waals surface area contributed by atoms with Gasteiger partial charge in [-0.25, -0.2) is 0 Å². The van der Waals surface area contributed by atoms with E-state index in [2.05, 4.69) is 5.32 Å². The summed E-state index contributed by atoms with van der Waals surface area (Å²) >= 11 is 6.13. The van der Waals surface area contributed by atoms with E-state index in [-0.39, 0.29) is 24.5 Å². The maximum atomic E-state index is 13.1. The Labute approximate surface area is 184 Å². The molecule has 0 unspecified atom stereocenters. The molecule has 2 aromatic carbocycles. The van der Waals surface area contributed by atoms with E-state index in [0.717, 1.165) is 12.0 Å². The summed E-state index contributed by atoms with van der Waals surface area (Å²) in [5.41, 5.74) is 1.11. The fourth-order valence-corrected chi connectivity index (χ4v) is 3.31. The van der Waals surface area contributed by atoms with Crippen molar-refractivity contribution in [3.05, 3.63) is 65.2 Å². The maximum Gasteiger partial charge on any atom is 0.261 e. The molecule has 0 radical (unpaired) electrons. The third-order valence-electron chi connectivity index (χ3n) is 5.06. The largest absolute Gasteiger partial charge is 0.482 e. The van der Waals surface area contributed by atoms with E-state index in [1.807, 2.05) is 51.1 Å². The van der Waals surface area contributed by atoms with Crippen molar-refractivity contribution in [3.63, 3.8) is 0 Å². The summed E-state index contributed by atoms with van der Waals surface area (Å²) in [7, 11) is 0. The molecule has 2 rings (SSSR count). The predicted octanol–water partition coefficient (Wildman–Crippen LogP) is 4.48. The number of nitrogens with zero attached hydrogens (tertiary/aromatic N) is 1. The summed E-state index contributed by atoms with van der Waals surface area (Å²) in [5.74, 6) is 0.0793. The molecule has 6 heteroatoms. The van der Waals surface area contributed by atoms with Crippen LogP contribution in [0.25, 0.3) is 0 Å². The van der Waals surface area contributed by atoms with Crippen LogP contribution in [0.1, 0.15) is 39.2 Å². The van der Waals surface area contributed by atoms with E-state index in [0.29, 0.717) is 30.2 Å². The first-order valence-electron chi connectivity index (χ1n) is 10.5. The molecule has 30 heavy (non-hydrogen) atoms. The Morgan fingerprint density at radius 1 is 1.03 bits per heavy atom. The highest BCUT2D eigenvalue weighted by Crippen LogP contribution is 2.23. The van der Waals surface area contributed by atoms with Gasteiger partial charge in [-0.05, 0) is 43.9 Å². The van der Waals surface area contributed by atoms with Crippen molar-refractivity contribution in [2.75, 3.05) is 13.2 Å². The van der Waals surface area contributed by atoms with Gasteiger partial charge in [-0.1, -0.05) is 67.9 Å². The van der Waals surface area contributed by atoms with E-state index < -0.39 is 6.04 Å².